The highest BCUT2D eigenvalue weighted by atomic mass is 79.9. The summed E-state index contributed by atoms with van der Waals surface area (Å²) in [5.74, 6) is 1.53. The lowest BCUT2D eigenvalue weighted by atomic mass is 10.2. The highest BCUT2D eigenvalue weighted by molar-refractivity contribution is 9.10. The van der Waals surface area contributed by atoms with Crippen LogP contribution in [0.5, 0.6) is 5.75 Å². The molecule has 6 heteroatoms. The van der Waals surface area contributed by atoms with Crippen LogP contribution in [0.3, 0.4) is 0 Å². The van der Waals surface area contributed by atoms with Crippen LogP contribution in [0.1, 0.15) is 12.5 Å². The molecule has 1 N–H and O–H groups in total. The Labute approximate surface area is 125 Å². The molecule has 1 heterocycles. The molecule has 2 aromatic rings. The van der Waals surface area contributed by atoms with E-state index in [-0.39, 0.29) is 5.28 Å². The Hall–Kier alpha value is -1.33. The molecule has 4 nitrogen and oxygen atoms in total. The van der Waals surface area contributed by atoms with Gasteiger partial charge >= 0.3 is 0 Å². The van der Waals surface area contributed by atoms with Crippen molar-refractivity contribution in [3.05, 3.63) is 45.8 Å². The first-order chi connectivity index (χ1) is 9.19. The average molecular weight is 343 g/mol. The molecule has 0 bridgehead atoms. The topological polar surface area (TPSA) is 47.0 Å². The van der Waals surface area contributed by atoms with Gasteiger partial charge in [0.15, 0.2) is 0 Å². The molecule has 100 valence electrons. The van der Waals surface area contributed by atoms with Crippen LogP contribution in [0.25, 0.3) is 0 Å². The van der Waals surface area contributed by atoms with E-state index in [9.17, 15) is 0 Å². The van der Waals surface area contributed by atoms with E-state index in [0.29, 0.717) is 19.0 Å². The van der Waals surface area contributed by atoms with E-state index in [1.165, 1.54) is 0 Å². The Morgan fingerprint density at radius 1 is 1.42 bits per heavy atom. The number of ether oxygens (including phenoxy) is 1. The van der Waals surface area contributed by atoms with Crippen molar-refractivity contribution in [1.82, 2.24) is 9.97 Å². The third kappa shape index (κ3) is 4.08. The summed E-state index contributed by atoms with van der Waals surface area (Å²) >= 11 is 9.13. The van der Waals surface area contributed by atoms with E-state index in [1.807, 2.05) is 31.2 Å². The summed E-state index contributed by atoms with van der Waals surface area (Å²) in [7, 11) is 0. The summed E-state index contributed by atoms with van der Waals surface area (Å²) in [6.45, 7) is 3.25. The lowest BCUT2D eigenvalue weighted by Crippen LogP contribution is -2.03. The average Bonchev–Trinajstić information content (AvgIpc) is 2.41. The van der Waals surface area contributed by atoms with Gasteiger partial charge in [0.25, 0.3) is 0 Å². The predicted molar refractivity (Wildman–Crippen MR) is 79.7 cm³/mol. The maximum absolute atomic E-state index is 5.76. The quantitative estimate of drug-likeness (QED) is 0.837. The second-order valence-electron chi connectivity index (χ2n) is 3.77. The molecule has 0 aliphatic heterocycles. The van der Waals surface area contributed by atoms with Crippen LogP contribution < -0.4 is 10.1 Å². The molecule has 0 atom stereocenters. The predicted octanol–water partition coefficient (Wildman–Crippen LogP) is 3.90. The van der Waals surface area contributed by atoms with Gasteiger partial charge in [0, 0.05) is 12.7 Å². The first-order valence-electron chi connectivity index (χ1n) is 5.82. The van der Waals surface area contributed by atoms with E-state index < -0.39 is 0 Å². The second kappa shape index (κ2) is 6.73. The van der Waals surface area contributed by atoms with E-state index in [0.717, 1.165) is 15.8 Å². The number of aromatic nitrogens is 2. The molecular formula is C13H13BrClN3O. The zero-order valence-electron chi connectivity index (χ0n) is 10.4. The third-order valence-electron chi connectivity index (χ3n) is 2.38. The molecule has 0 amide bonds. The number of anilines is 1. The van der Waals surface area contributed by atoms with Crippen molar-refractivity contribution in [2.24, 2.45) is 0 Å². The van der Waals surface area contributed by atoms with Crippen LogP contribution in [0, 0.1) is 0 Å². The monoisotopic (exact) mass is 341 g/mol. The summed E-state index contributed by atoms with van der Waals surface area (Å²) in [4.78, 5) is 7.99. The second-order valence-corrected chi connectivity index (χ2v) is 4.96. The van der Waals surface area contributed by atoms with Gasteiger partial charge in [0.2, 0.25) is 5.28 Å². The number of nitrogens with one attached hydrogen (secondary N) is 1. The van der Waals surface area contributed by atoms with Crippen molar-refractivity contribution in [3.8, 4) is 5.75 Å². The van der Waals surface area contributed by atoms with Gasteiger partial charge in [-0.1, -0.05) is 12.1 Å². The molecule has 0 unspecified atom stereocenters. The molecular weight excluding hydrogens is 330 g/mol. The summed E-state index contributed by atoms with van der Waals surface area (Å²) in [5.41, 5.74) is 1.10. The number of hydrogen-bond donors (Lipinski definition) is 1. The SMILES string of the molecule is CCOc1cccc(CNc2nc(Cl)ncc2Br)c1. The lowest BCUT2D eigenvalue weighted by Gasteiger charge is -2.09. The fraction of sp³-hybridized carbons (Fsp3) is 0.231. The molecule has 0 radical (unpaired) electrons. The fourth-order valence-electron chi connectivity index (χ4n) is 1.57. The normalized spacial score (nSPS) is 10.3. The number of rotatable bonds is 5. The third-order valence-corrected chi connectivity index (χ3v) is 3.15. The fourth-order valence-corrected chi connectivity index (χ4v) is 2.03. The van der Waals surface area contributed by atoms with Crippen molar-refractivity contribution in [3.63, 3.8) is 0 Å². The summed E-state index contributed by atoms with van der Waals surface area (Å²) in [6, 6.07) is 7.91. The van der Waals surface area contributed by atoms with Crippen molar-refractivity contribution < 1.29 is 4.74 Å². The van der Waals surface area contributed by atoms with Gasteiger partial charge in [-0.15, -0.1) is 0 Å². The summed E-state index contributed by atoms with van der Waals surface area (Å²) in [6.07, 6.45) is 1.62. The first kappa shape index (κ1) is 14.1. The van der Waals surface area contributed by atoms with Crippen LogP contribution in [-0.2, 0) is 6.54 Å². The molecule has 0 spiro atoms. The molecule has 0 saturated heterocycles. The first-order valence-corrected chi connectivity index (χ1v) is 7.00. The molecule has 1 aromatic heterocycles. The van der Waals surface area contributed by atoms with E-state index in [1.54, 1.807) is 6.20 Å². The Kier molecular flexibility index (Phi) is 4.99. The zero-order valence-corrected chi connectivity index (χ0v) is 12.7. The largest absolute Gasteiger partial charge is 0.494 e. The smallest absolute Gasteiger partial charge is 0.224 e. The molecule has 0 saturated carbocycles. The van der Waals surface area contributed by atoms with Gasteiger partial charge in [-0.2, -0.15) is 4.98 Å². The molecule has 0 fully saturated rings. The summed E-state index contributed by atoms with van der Waals surface area (Å²) < 4.78 is 6.23. The van der Waals surface area contributed by atoms with E-state index in [4.69, 9.17) is 16.3 Å². The highest BCUT2D eigenvalue weighted by Crippen LogP contribution is 2.21. The molecule has 2 rings (SSSR count). The number of hydrogen-bond acceptors (Lipinski definition) is 4. The van der Waals surface area contributed by atoms with Crippen molar-refractivity contribution >= 4 is 33.3 Å². The van der Waals surface area contributed by atoms with Gasteiger partial charge in [0.1, 0.15) is 11.6 Å². The Balaban J connectivity index is 2.05. The van der Waals surface area contributed by atoms with Crippen LogP contribution in [0.15, 0.2) is 34.9 Å². The molecule has 19 heavy (non-hydrogen) atoms. The number of benzene rings is 1. The minimum absolute atomic E-state index is 0.216. The van der Waals surface area contributed by atoms with Crippen molar-refractivity contribution in [1.29, 1.82) is 0 Å². The van der Waals surface area contributed by atoms with Crippen molar-refractivity contribution in [2.45, 2.75) is 13.5 Å². The van der Waals surface area contributed by atoms with Gasteiger partial charge in [-0.05, 0) is 52.2 Å². The molecule has 0 aliphatic rings. The Bertz CT molecular complexity index is 565. The Morgan fingerprint density at radius 2 is 2.26 bits per heavy atom. The van der Waals surface area contributed by atoms with Gasteiger partial charge < -0.3 is 10.1 Å². The summed E-state index contributed by atoms with van der Waals surface area (Å²) in [5, 5.41) is 3.42. The van der Waals surface area contributed by atoms with Crippen molar-refractivity contribution in [2.75, 3.05) is 11.9 Å². The minimum Gasteiger partial charge on any atom is -0.494 e. The zero-order chi connectivity index (χ0) is 13.7. The maximum atomic E-state index is 5.76. The minimum atomic E-state index is 0.216. The van der Waals surface area contributed by atoms with Crippen LogP contribution in [-0.4, -0.2) is 16.6 Å². The highest BCUT2D eigenvalue weighted by Gasteiger charge is 2.04. The van der Waals surface area contributed by atoms with E-state index >= 15 is 0 Å². The van der Waals surface area contributed by atoms with Gasteiger partial charge in [-0.25, -0.2) is 4.98 Å². The van der Waals surface area contributed by atoms with Crippen LogP contribution >= 0.6 is 27.5 Å². The van der Waals surface area contributed by atoms with Crippen LogP contribution in [0.2, 0.25) is 5.28 Å². The van der Waals surface area contributed by atoms with Crippen LogP contribution in [0.4, 0.5) is 5.82 Å². The molecule has 0 aliphatic carbocycles. The number of nitrogens with zero attached hydrogens (tertiary/aromatic N) is 2. The van der Waals surface area contributed by atoms with Gasteiger partial charge in [0.05, 0.1) is 11.1 Å². The number of halogens is 2. The maximum Gasteiger partial charge on any atom is 0.224 e. The Morgan fingerprint density at radius 3 is 3.05 bits per heavy atom. The lowest BCUT2D eigenvalue weighted by molar-refractivity contribution is 0.340. The van der Waals surface area contributed by atoms with Gasteiger partial charge in [-0.3, -0.25) is 0 Å². The molecule has 1 aromatic carbocycles. The standard InChI is InChI=1S/C13H13BrClN3O/c1-2-19-10-5-3-4-9(6-10)7-16-12-11(14)8-17-13(15)18-12/h3-6,8H,2,7H2,1H3,(H,16,17,18). The van der Waals surface area contributed by atoms with E-state index in [2.05, 4.69) is 31.2 Å².